The van der Waals surface area contributed by atoms with Crippen molar-refractivity contribution in [2.75, 3.05) is 12.8 Å². The minimum Gasteiger partial charge on any atom is -0.453 e. The molecule has 0 radical (unpaired) electrons. The lowest BCUT2D eigenvalue weighted by Crippen LogP contribution is -2.39. The molecule has 0 heterocycles. The third kappa shape index (κ3) is 10.3. The summed E-state index contributed by atoms with van der Waals surface area (Å²) in [5.74, 6) is 2.55. The molecular formula is C27H33NO6S. The van der Waals surface area contributed by atoms with Crippen molar-refractivity contribution in [2.24, 2.45) is 0 Å². The van der Waals surface area contributed by atoms with Crippen LogP contribution in [0, 0.1) is 13.8 Å². The Morgan fingerprint density at radius 3 is 1.74 bits per heavy atom. The second kappa shape index (κ2) is 12.0. The highest BCUT2D eigenvalue weighted by atomic mass is 32.2. The molecule has 188 valence electrons. The molecule has 0 amide bonds. The van der Waals surface area contributed by atoms with Crippen molar-refractivity contribution in [1.82, 2.24) is 5.32 Å². The maximum atomic E-state index is 12.7. The van der Waals surface area contributed by atoms with E-state index in [0.29, 0.717) is 23.3 Å². The van der Waals surface area contributed by atoms with Crippen LogP contribution < -0.4 is 14.8 Å². The summed E-state index contributed by atoms with van der Waals surface area (Å²) >= 11 is 0. The van der Waals surface area contributed by atoms with E-state index in [0.717, 1.165) is 22.6 Å². The van der Waals surface area contributed by atoms with Crippen LogP contribution in [0.15, 0.2) is 66.7 Å². The van der Waals surface area contributed by atoms with E-state index in [2.05, 4.69) is 5.32 Å². The van der Waals surface area contributed by atoms with Gasteiger partial charge in [-0.15, -0.1) is 0 Å². The standard InChI is InChI=1S/C26H29NO3.CH4O3S/c1-18-10-6-8-12-22(18)29-24-15-14-20(21(28)17-27-26(3,4)5)16-25(24)30-23-13-9-7-11-19(23)2;1-5(2,3)4/h6-16,27H,17H2,1-5H3;1H3,(H,2,3,4). The fourth-order valence-electron chi connectivity index (χ4n) is 2.87. The number of Topliss-reactive ketones (excluding diaryl/α,β-unsaturated/α-hetero) is 1. The van der Waals surface area contributed by atoms with Gasteiger partial charge in [0.2, 0.25) is 0 Å². The Bertz CT molecular complexity index is 1250. The molecule has 0 unspecified atom stereocenters. The molecule has 0 aliphatic rings. The summed E-state index contributed by atoms with van der Waals surface area (Å²) in [6, 6.07) is 20.9. The molecule has 7 nitrogen and oxygen atoms in total. The first-order valence-corrected chi connectivity index (χ1v) is 12.9. The Morgan fingerprint density at radius 2 is 1.29 bits per heavy atom. The fourth-order valence-corrected chi connectivity index (χ4v) is 2.87. The summed E-state index contributed by atoms with van der Waals surface area (Å²) in [6.07, 6.45) is 0.715. The Labute approximate surface area is 207 Å². The van der Waals surface area contributed by atoms with Crippen molar-refractivity contribution >= 4 is 15.9 Å². The molecule has 0 aromatic heterocycles. The predicted octanol–water partition coefficient (Wildman–Crippen LogP) is 5.96. The maximum absolute atomic E-state index is 12.7. The highest BCUT2D eigenvalue weighted by molar-refractivity contribution is 7.85. The zero-order chi connectivity index (χ0) is 26.2. The molecule has 0 atom stereocenters. The average Bonchev–Trinajstić information content (AvgIpc) is 2.74. The van der Waals surface area contributed by atoms with Crippen LogP contribution in [0.5, 0.6) is 23.0 Å². The summed E-state index contributed by atoms with van der Waals surface area (Å²) in [7, 11) is -3.67. The molecule has 3 rings (SSSR count). The maximum Gasteiger partial charge on any atom is 0.261 e. The van der Waals surface area contributed by atoms with Gasteiger partial charge in [0, 0.05) is 11.1 Å². The molecule has 0 saturated heterocycles. The van der Waals surface area contributed by atoms with Gasteiger partial charge in [0.25, 0.3) is 10.1 Å². The van der Waals surface area contributed by atoms with Crippen molar-refractivity contribution in [1.29, 1.82) is 0 Å². The van der Waals surface area contributed by atoms with Gasteiger partial charge < -0.3 is 14.8 Å². The van der Waals surface area contributed by atoms with Gasteiger partial charge >= 0.3 is 0 Å². The molecule has 0 aliphatic carbocycles. The average molecular weight is 500 g/mol. The second-order valence-corrected chi connectivity index (χ2v) is 10.6. The van der Waals surface area contributed by atoms with Gasteiger partial charge in [-0.2, -0.15) is 8.42 Å². The molecule has 0 aliphatic heterocycles. The lowest BCUT2D eigenvalue weighted by atomic mass is 10.1. The number of nitrogens with one attached hydrogen (secondary N) is 1. The van der Waals surface area contributed by atoms with E-state index in [1.807, 2.05) is 83.1 Å². The lowest BCUT2D eigenvalue weighted by Gasteiger charge is -2.20. The number of para-hydroxylation sites is 2. The van der Waals surface area contributed by atoms with Crippen LogP contribution in [-0.4, -0.2) is 37.1 Å². The van der Waals surface area contributed by atoms with Gasteiger partial charge in [0.05, 0.1) is 12.8 Å². The fraction of sp³-hybridized carbons (Fsp3) is 0.296. The van der Waals surface area contributed by atoms with Crippen LogP contribution in [0.1, 0.15) is 42.3 Å². The molecule has 2 N–H and O–H groups in total. The number of ketones is 1. The number of hydrogen-bond donors (Lipinski definition) is 2. The van der Waals surface area contributed by atoms with Gasteiger partial charge in [0.15, 0.2) is 17.3 Å². The molecule has 3 aromatic rings. The number of ether oxygens (including phenoxy) is 2. The topological polar surface area (TPSA) is 102 Å². The predicted molar refractivity (Wildman–Crippen MR) is 139 cm³/mol. The minimum atomic E-state index is -3.67. The van der Waals surface area contributed by atoms with Crippen molar-refractivity contribution in [3.63, 3.8) is 0 Å². The summed E-state index contributed by atoms with van der Waals surface area (Å²) in [6.45, 7) is 10.3. The molecule has 3 aromatic carbocycles. The van der Waals surface area contributed by atoms with Crippen LogP contribution in [-0.2, 0) is 10.1 Å². The van der Waals surface area contributed by atoms with Crippen molar-refractivity contribution in [2.45, 2.75) is 40.2 Å². The quantitative estimate of drug-likeness (QED) is 0.305. The lowest BCUT2D eigenvalue weighted by molar-refractivity contribution is 0.0981. The van der Waals surface area contributed by atoms with E-state index in [1.165, 1.54) is 0 Å². The summed E-state index contributed by atoms with van der Waals surface area (Å²) in [4.78, 5) is 12.7. The van der Waals surface area contributed by atoms with E-state index >= 15 is 0 Å². The van der Waals surface area contributed by atoms with Gasteiger partial charge in [-0.3, -0.25) is 9.35 Å². The summed E-state index contributed by atoms with van der Waals surface area (Å²) in [5, 5.41) is 3.24. The summed E-state index contributed by atoms with van der Waals surface area (Å²) in [5.41, 5.74) is 2.47. The largest absolute Gasteiger partial charge is 0.453 e. The minimum absolute atomic E-state index is 0.00185. The Kier molecular flexibility index (Phi) is 9.59. The zero-order valence-corrected chi connectivity index (χ0v) is 21.8. The highest BCUT2D eigenvalue weighted by Gasteiger charge is 2.17. The van der Waals surface area contributed by atoms with Crippen LogP contribution >= 0.6 is 0 Å². The molecule has 35 heavy (non-hydrogen) atoms. The molecule has 0 saturated carbocycles. The molecule has 0 spiro atoms. The van der Waals surface area contributed by atoms with E-state index in [9.17, 15) is 13.2 Å². The number of hydrogen-bond acceptors (Lipinski definition) is 6. The van der Waals surface area contributed by atoms with Gasteiger partial charge in [0.1, 0.15) is 11.5 Å². The Balaban J connectivity index is 0.000000784. The first-order chi connectivity index (χ1) is 16.2. The van der Waals surface area contributed by atoms with Crippen LogP contribution in [0.3, 0.4) is 0 Å². The van der Waals surface area contributed by atoms with E-state index in [-0.39, 0.29) is 17.9 Å². The van der Waals surface area contributed by atoms with Gasteiger partial charge in [-0.05, 0) is 76.1 Å². The van der Waals surface area contributed by atoms with E-state index in [4.69, 9.17) is 14.0 Å². The summed E-state index contributed by atoms with van der Waals surface area (Å²) < 4.78 is 38.2. The normalized spacial score (nSPS) is 11.3. The van der Waals surface area contributed by atoms with Gasteiger partial charge in [-0.1, -0.05) is 36.4 Å². The van der Waals surface area contributed by atoms with E-state index in [1.54, 1.807) is 18.2 Å². The van der Waals surface area contributed by atoms with Gasteiger partial charge in [-0.25, -0.2) is 0 Å². The number of aryl methyl sites for hydroxylation is 2. The Morgan fingerprint density at radius 1 is 0.829 bits per heavy atom. The van der Waals surface area contributed by atoms with Crippen molar-refractivity contribution in [3.05, 3.63) is 83.4 Å². The van der Waals surface area contributed by atoms with E-state index < -0.39 is 10.1 Å². The third-order valence-corrected chi connectivity index (χ3v) is 4.67. The first-order valence-electron chi connectivity index (χ1n) is 11.0. The smallest absolute Gasteiger partial charge is 0.261 e. The first kappa shape index (κ1) is 28.0. The Hall–Kier alpha value is -3.20. The van der Waals surface area contributed by atoms with Crippen LogP contribution in [0.4, 0.5) is 0 Å². The number of carbonyl (C=O) groups excluding carboxylic acids is 1. The van der Waals surface area contributed by atoms with Crippen LogP contribution in [0.2, 0.25) is 0 Å². The third-order valence-electron chi connectivity index (χ3n) is 4.67. The highest BCUT2D eigenvalue weighted by Crippen LogP contribution is 2.37. The SMILES string of the molecule is CS(=O)(=O)O.Cc1ccccc1Oc1ccc(C(=O)CNC(C)(C)C)cc1Oc1ccccc1C. The monoisotopic (exact) mass is 499 g/mol. The number of carbonyl (C=O) groups is 1. The van der Waals surface area contributed by atoms with Crippen molar-refractivity contribution < 1.29 is 27.2 Å². The zero-order valence-electron chi connectivity index (χ0n) is 21.0. The van der Waals surface area contributed by atoms with Crippen molar-refractivity contribution in [3.8, 4) is 23.0 Å². The second-order valence-electron chi connectivity index (χ2n) is 9.16. The number of rotatable bonds is 7. The molecular weight excluding hydrogens is 466 g/mol. The number of benzene rings is 3. The van der Waals surface area contributed by atoms with Crippen LogP contribution in [0.25, 0.3) is 0 Å². The molecule has 0 fully saturated rings. The molecule has 8 heteroatoms. The molecule has 0 bridgehead atoms.